The molecule has 2 aromatic heterocycles. The van der Waals surface area contributed by atoms with Gasteiger partial charge < -0.3 is 5.32 Å². The molecule has 82 valence electrons. The van der Waals surface area contributed by atoms with Crippen LogP contribution in [0.5, 0.6) is 0 Å². The number of fused-ring (bicyclic) bond motifs is 1. The zero-order chi connectivity index (χ0) is 11.0. The molecular weight excluding hydrogens is 204 g/mol. The van der Waals surface area contributed by atoms with Gasteiger partial charge in [-0.15, -0.1) is 0 Å². The van der Waals surface area contributed by atoms with Gasteiger partial charge in [0, 0.05) is 18.7 Å². The Bertz CT molecular complexity index is 528. The van der Waals surface area contributed by atoms with E-state index >= 15 is 0 Å². The Morgan fingerprint density at radius 2 is 2.50 bits per heavy atom. The van der Waals surface area contributed by atoms with E-state index in [9.17, 15) is 4.79 Å². The fourth-order valence-corrected chi connectivity index (χ4v) is 2.08. The summed E-state index contributed by atoms with van der Waals surface area (Å²) in [5.41, 5.74) is 1.24. The summed E-state index contributed by atoms with van der Waals surface area (Å²) >= 11 is 0. The topological polar surface area (TPSA) is 59.3 Å². The molecule has 1 unspecified atom stereocenters. The van der Waals surface area contributed by atoms with Gasteiger partial charge in [0.1, 0.15) is 0 Å². The first-order chi connectivity index (χ1) is 7.88. The summed E-state index contributed by atoms with van der Waals surface area (Å²) < 4.78 is 1.68. The number of pyridine rings is 1. The van der Waals surface area contributed by atoms with E-state index in [0.717, 1.165) is 31.6 Å². The van der Waals surface area contributed by atoms with Crippen molar-refractivity contribution in [2.45, 2.75) is 12.3 Å². The summed E-state index contributed by atoms with van der Waals surface area (Å²) in [6, 6.07) is 3.57. The third-order valence-corrected chi connectivity index (χ3v) is 2.96. The normalized spacial score (nSPS) is 20.4. The van der Waals surface area contributed by atoms with Crippen molar-refractivity contribution in [2.24, 2.45) is 0 Å². The van der Waals surface area contributed by atoms with Crippen LogP contribution in [-0.4, -0.2) is 34.0 Å². The maximum Gasteiger partial charge on any atom is 0.166 e. The zero-order valence-corrected chi connectivity index (χ0v) is 8.76. The van der Waals surface area contributed by atoms with Crippen molar-refractivity contribution in [1.29, 1.82) is 0 Å². The summed E-state index contributed by atoms with van der Waals surface area (Å²) in [5.74, 6) is 1.21. The first-order valence-electron chi connectivity index (χ1n) is 5.39. The Labute approximate surface area is 92.5 Å². The maximum atomic E-state index is 10.9. The minimum atomic E-state index is 0.374. The molecule has 16 heavy (non-hydrogen) atoms. The van der Waals surface area contributed by atoms with E-state index in [4.69, 9.17) is 0 Å². The second-order valence-electron chi connectivity index (χ2n) is 4.01. The smallest absolute Gasteiger partial charge is 0.166 e. The molecule has 0 bridgehead atoms. The van der Waals surface area contributed by atoms with E-state index in [-0.39, 0.29) is 0 Å². The van der Waals surface area contributed by atoms with Crippen molar-refractivity contribution >= 4 is 11.9 Å². The molecule has 0 aliphatic carbocycles. The van der Waals surface area contributed by atoms with Crippen LogP contribution in [0.1, 0.15) is 28.5 Å². The van der Waals surface area contributed by atoms with Gasteiger partial charge in [-0.05, 0) is 25.1 Å². The van der Waals surface area contributed by atoms with Crippen molar-refractivity contribution in [3.05, 3.63) is 29.7 Å². The van der Waals surface area contributed by atoms with Crippen molar-refractivity contribution in [2.75, 3.05) is 13.1 Å². The summed E-state index contributed by atoms with van der Waals surface area (Å²) in [7, 11) is 0. The highest BCUT2D eigenvalue weighted by atomic mass is 16.1. The SMILES string of the molecule is O=Cc1cccn2nc(C3CCNC3)nc12. The molecule has 1 aliphatic heterocycles. The highest BCUT2D eigenvalue weighted by Gasteiger charge is 2.21. The second-order valence-corrected chi connectivity index (χ2v) is 4.01. The predicted molar refractivity (Wildman–Crippen MR) is 58.6 cm³/mol. The Balaban J connectivity index is 2.11. The van der Waals surface area contributed by atoms with Crippen LogP contribution < -0.4 is 5.32 Å². The average Bonchev–Trinajstić information content (AvgIpc) is 2.96. The molecule has 1 atom stereocenters. The van der Waals surface area contributed by atoms with Gasteiger partial charge in [-0.3, -0.25) is 4.79 Å². The van der Waals surface area contributed by atoms with Crippen LogP contribution in [0, 0.1) is 0 Å². The van der Waals surface area contributed by atoms with Gasteiger partial charge in [0.25, 0.3) is 0 Å². The highest BCUT2D eigenvalue weighted by molar-refractivity contribution is 5.83. The summed E-state index contributed by atoms with van der Waals surface area (Å²) in [6.07, 6.45) is 3.70. The molecule has 0 radical (unpaired) electrons. The van der Waals surface area contributed by atoms with E-state index in [2.05, 4.69) is 15.4 Å². The number of hydrogen-bond acceptors (Lipinski definition) is 4. The minimum Gasteiger partial charge on any atom is -0.316 e. The van der Waals surface area contributed by atoms with Crippen molar-refractivity contribution in [3.8, 4) is 0 Å². The van der Waals surface area contributed by atoms with Crippen LogP contribution in [0.4, 0.5) is 0 Å². The average molecular weight is 216 g/mol. The second kappa shape index (κ2) is 3.68. The van der Waals surface area contributed by atoms with Crippen LogP contribution in [0.2, 0.25) is 0 Å². The number of rotatable bonds is 2. The van der Waals surface area contributed by atoms with Gasteiger partial charge in [0.15, 0.2) is 17.8 Å². The Morgan fingerprint density at radius 1 is 1.56 bits per heavy atom. The molecule has 1 aliphatic rings. The molecule has 1 N–H and O–H groups in total. The van der Waals surface area contributed by atoms with Crippen LogP contribution in [-0.2, 0) is 0 Å². The first-order valence-corrected chi connectivity index (χ1v) is 5.39. The largest absolute Gasteiger partial charge is 0.316 e. The number of nitrogens with zero attached hydrogens (tertiary/aromatic N) is 3. The number of carbonyl (C=O) groups excluding carboxylic acids is 1. The summed E-state index contributed by atoms with van der Waals surface area (Å²) in [6.45, 7) is 1.94. The monoisotopic (exact) mass is 216 g/mol. The fraction of sp³-hybridized carbons (Fsp3) is 0.364. The molecular formula is C11H12N4O. The van der Waals surface area contributed by atoms with Crippen molar-refractivity contribution in [3.63, 3.8) is 0 Å². The molecule has 5 heteroatoms. The molecule has 0 saturated carbocycles. The first kappa shape index (κ1) is 9.47. The molecule has 0 spiro atoms. The molecule has 2 aromatic rings. The van der Waals surface area contributed by atoms with Crippen molar-refractivity contribution in [1.82, 2.24) is 19.9 Å². The molecule has 3 rings (SSSR count). The molecule has 5 nitrogen and oxygen atoms in total. The molecule has 3 heterocycles. The van der Waals surface area contributed by atoms with Gasteiger partial charge in [0.05, 0.1) is 5.56 Å². The Morgan fingerprint density at radius 3 is 3.25 bits per heavy atom. The third-order valence-electron chi connectivity index (χ3n) is 2.96. The van der Waals surface area contributed by atoms with E-state index in [1.54, 1.807) is 10.6 Å². The molecule has 0 aromatic carbocycles. The highest BCUT2D eigenvalue weighted by Crippen LogP contribution is 2.20. The lowest BCUT2D eigenvalue weighted by molar-refractivity contribution is 0.112. The zero-order valence-electron chi connectivity index (χ0n) is 8.76. The molecule has 0 amide bonds. The van der Waals surface area contributed by atoms with E-state index < -0.39 is 0 Å². The lowest BCUT2D eigenvalue weighted by atomic mass is 10.1. The number of hydrogen-bond donors (Lipinski definition) is 1. The van der Waals surface area contributed by atoms with Crippen LogP contribution >= 0.6 is 0 Å². The molecule has 1 saturated heterocycles. The summed E-state index contributed by atoms with van der Waals surface area (Å²) in [4.78, 5) is 15.3. The number of nitrogens with one attached hydrogen (secondary N) is 1. The van der Waals surface area contributed by atoms with Gasteiger partial charge >= 0.3 is 0 Å². The van der Waals surface area contributed by atoms with Gasteiger partial charge in [0.2, 0.25) is 0 Å². The van der Waals surface area contributed by atoms with E-state index in [1.165, 1.54) is 0 Å². The number of aromatic nitrogens is 3. The predicted octanol–water partition coefficient (Wildman–Crippen LogP) is 0.619. The quantitative estimate of drug-likeness (QED) is 0.747. The van der Waals surface area contributed by atoms with Crippen molar-refractivity contribution < 1.29 is 4.79 Å². The van der Waals surface area contributed by atoms with Gasteiger partial charge in [-0.25, -0.2) is 9.50 Å². The lowest BCUT2D eigenvalue weighted by Crippen LogP contribution is -2.08. The van der Waals surface area contributed by atoms with Crippen LogP contribution in [0.25, 0.3) is 5.65 Å². The maximum absolute atomic E-state index is 10.9. The van der Waals surface area contributed by atoms with Gasteiger partial charge in [-0.2, -0.15) is 5.10 Å². The Hall–Kier alpha value is -1.75. The van der Waals surface area contributed by atoms with Gasteiger partial charge in [-0.1, -0.05) is 0 Å². The minimum absolute atomic E-state index is 0.374. The van der Waals surface area contributed by atoms with E-state index in [1.807, 2.05) is 12.3 Å². The van der Waals surface area contributed by atoms with Crippen LogP contribution in [0.15, 0.2) is 18.3 Å². The van der Waals surface area contributed by atoms with E-state index in [0.29, 0.717) is 17.1 Å². The third kappa shape index (κ3) is 1.40. The number of aldehydes is 1. The summed E-state index contributed by atoms with van der Waals surface area (Å²) in [5, 5.41) is 7.69. The fourth-order valence-electron chi connectivity index (χ4n) is 2.08. The number of carbonyl (C=O) groups is 1. The lowest BCUT2D eigenvalue weighted by Gasteiger charge is -1.99. The Kier molecular flexibility index (Phi) is 2.18. The van der Waals surface area contributed by atoms with Crippen LogP contribution in [0.3, 0.4) is 0 Å². The molecule has 1 fully saturated rings. The standard InChI is InChI=1S/C11H12N4O/c16-7-9-2-1-5-15-11(9)13-10(14-15)8-3-4-12-6-8/h1-2,5,7-8,12H,3-4,6H2.